The quantitative estimate of drug-likeness (QED) is 0.716. The molecule has 3 aromatic rings. The topological polar surface area (TPSA) is 55.6 Å². The Morgan fingerprint density at radius 1 is 1.21 bits per heavy atom. The Balaban J connectivity index is 1.81. The highest BCUT2D eigenvalue weighted by atomic mass is 16.5. The van der Waals surface area contributed by atoms with Crippen LogP contribution in [0.2, 0.25) is 0 Å². The molecule has 0 aliphatic rings. The number of hydrogen-bond donors (Lipinski definition) is 0. The molecule has 1 amide bonds. The van der Waals surface area contributed by atoms with E-state index in [0.717, 1.165) is 10.9 Å². The number of carbonyl (C=O) groups excluding carboxylic acids is 1. The standard InChI is InChI=1S/C19H20N2O3/c1-13(15-9-8-14-6-4-5-7-16(14)10-15)21(2)19(22)18-11-17(12-23-3)24-20-18/h4-11,13H,12H2,1-3H3/t13-/m0/s1. The van der Waals surface area contributed by atoms with E-state index in [1.807, 2.05) is 19.1 Å². The molecule has 1 aromatic heterocycles. The Morgan fingerprint density at radius 2 is 1.96 bits per heavy atom. The number of rotatable bonds is 5. The van der Waals surface area contributed by atoms with Gasteiger partial charge in [0.1, 0.15) is 6.61 Å². The molecule has 124 valence electrons. The molecular weight excluding hydrogens is 304 g/mol. The molecular formula is C19H20N2O3. The molecule has 0 saturated heterocycles. The molecule has 0 N–H and O–H groups in total. The summed E-state index contributed by atoms with van der Waals surface area (Å²) in [5.74, 6) is 0.356. The van der Waals surface area contributed by atoms with Crippen molar-refractivity contribution in [1.82, 2.24) is 10.1 Å². The Hall–Kier alpha value is -2.66. The van der Waals surface area contributed by atoms with Gasteiger partial charge in [-0.3, -0.25) is 4.79 Å². The molecule has 24 heavy (non-hydrogen) atoms. The first-order valence-electron chi connectivity index (χ1n) is 7.80. The fourth-order valence-electron chi connectivity index (χ4n) is 2.67. The number of amides is 1. The molecule has 1 atom stereocenters. The van der Waals surface area contributed by atoms with Crippen LogP contribution in [0.4, 0.5) is 0 Å². The molecule has 5 nitrogen and oxygen atoms in total. The summed E-state index contributed by atoms with van der Waals surface area (Å²) in [5.41, 5.74) is 1.36. The zero-order valence-electron chi connectivity index (χ0n) is 14.0. The summed E-state index contributed by atoms with van der Waals surface area (Å²) < 4.78 is 10.1. The fourth-order valence-corrected chi connectivity index (χ4v) is 2.67. The number of carbonyl (C=O) groups is 1. The summed E-state index contributed by atoms with van der Waals surface area (Å²) in [6, 6.07) is 16.0. The minimum absolute atomic E-state index is 0.0790. The normalized spacial score (nSPS) is 12.3. The number of hydrogen-bond acceptors (Lipinski definition) is 4. The van der Waals surface area contributed by atoms with Crippen LogP contribution >= 0.6 is 0 Å². The average Bonchev–Trinajstić information content (AvgIpc) is 3.08. The third-order valence-electron chi connectivity index (χ3n) is 4.22. The molecule has 0 bridgehead atoms. The smallest absolute Gasteiger partial charge is 0.276 e. The van der Waals surface area contributed by atoms with Gasteiger partial charge in [0, 0.05) is 20.2 Å². The molecule has 0 aliphatic carbocycles. The lowest BCUT2D eigenvalue weighted by molar-refractivity contribution is 0.0731. The lowest BCUT2D eigenvalue weighted by atomic mass is 10.0. The van der Waals surface area contributed by atoms with Gasteiger partial charge in [0.2, 0.25) is 0 Å². The largest absolute Gasteiger partial charge is 0.377 e. The van der Waals surface area contributed by atoms with Gasteiger partial charge in [-0.1, -0.05) is 41.6 Å². The van der Waals surface area contributed by atoms with E-state index < -0.39 is 0 Å². The van der Waals surface area contributed by atoms with Crippen LogP contribution < -0.4 is 0 Å². The van der Waals surface area contributed by atoms with Gasteiger partial charge >= 0.3 is 0 Å². The van der Waals surface area contributed by atoms with Crippen molar-refractivity contribution in [3.05, 3.63) is 65.5 Å². The molecule has 0 aliphatic heterocycles. The van der Waals surface area contributed by atoms with Gasteiger partial charge in [0.15, 0.2) is 11.5 Å². The van der Waals surface area contributed by atoms with Crippen LogP contribution in [-0.2, 0) is 11.3 Å². The number of nitrogens with zero attached hydrogens (tertiary/aromatic N) is 2. The van der Waals surface area contributed by atoms with Gasteiger partial charge in [-0.25, -0.2) is 0 Å². The van der Waals surface area contributed by atoms with E-state index in [9.17, 15) is 4.79 Å². The zero-order valence-corrected chi connectivity index (χ0v) is 14.0. The summed E-state index contributed by atoms with van der Waals surface area (Å²) in [5, 5.41) is 6.18. The molecule has 3 rings (SSSR count). The summed E-state index contributed by atoms with van der Waals surface area (Å²) >= 11 is 0. The van der Waals surface area contributed by atoms with Crippen molar-refractivity contribution in [2.24, 2.45) is 0 Å². The first-order valence-corrected chi connectivity index (χ1v) is 7.80. The highest BCUT2D eigenvalue weighted by Crippen LogP contribution is 2.24. The van der Waals surface area contributed by atoms with Gasteiger partial charge < -0.3 is 14.2 Å². The van der Waals surface area contributed by atoms with Gasteiger partial charge in [0.05, 0.1) is 6.04 Å². The molecule has 0 spiro atoms. The zero-order chi connectivity index (χ0) is 17.1. The van der Waals surface area contributed by atoms with Crippen molar-refractivity contribution in [2.75, 3.05) is 14.2 Å². The van der Waals surface area contributed by atoms with Crippen LogP contribution in [-0.4, -0.2) is 30.1 Å². The van der Waals surface area contributed by atoms with Crippen LogP contribution in [0.5, 0.6) is 0 Å². The van der Waals surface area contributed by atoms with Crippen LogP contribution in [0.25, 0.3) is 10.8 Å². The van der Waals surface area contributed by atoms with Crippen LogP contribution in [0.3, 0.4) is 0 Å². The minimum atomic E-state index is -0.179. The molecule has 0 saturated carbocycles. The van der Waals surface area contributed by atoms with Crippen LogP contribution in [0, 0.1) is 0 Å². The van der Waals surface area contributed by atoms with E-state index in [2.05, 4.69) is 35.5 Å². The molecule has 0 unspecified atom stereocenters. The van der Waals surface area contributed by atoms with Crippen molar-refractivity contribution < 1.29 is 14.1 Å². The third-order valence-corrected chi connectivity index (χ3v) is 4.22. The Kier molecular flexibility index (Phi) is 4.62. The predicted molar refractivity (Wildman–Crippen MR) is 91.7 cm³/mol. The minimum Gasteiger partial charge on any atom is -0.377 e. The summed E-state index contributed by atoms with van der Waals surface area (Å²) in [6.45, 7) is 2.29. The van der Waals surface area contributed by atoms with Crippen molar-refractivity contribution in [3.63, 3.8) is 0 Å². The number of benzene rings is 2. The SMILES string of the molecule is COCc1cc(C(=O)N(C)[C@@H](C)c2ccc3ccccc3c2)no1. The van der Waals surface area contributed by atoms with Crippen molar-refractivity contribution in [3.8, 4) is 0 Å². The molecule has 0 radical (unpaired) electrons. The monoisotopic (exact) mass is 324 g/mol. The highest BCUT2D eigenvalue weighted by Gasteiger charge is 2.22. The maximum Gasteiger partial charge on any atom is 0.276 e. The third kappa shape index (κ3) is 3.16. The molecule has 2 aromatic carbocycles. The number of aromatic nitrogens is 1. The number of methoxy groups -OCH3 is 1. The second-order valence-corrected chi connectivity index (χ2v) is 5.81. The summed E-state index contributed by atoms with van der Waals surface area (Å²) in [6.07, 6.45) is 0. The van der Waals surface area contributed by atoms with Gasteiger partial charge in [0.25, 0.3) is 5.91 Å². The maximum atomic E-state index is 12.6. The Bertz CT molecular complexity index is 856. The second-order valence-electron chi connectivity index (χ2n) is 5.81. The first kappa shape index (κ1) is 16.2. The Labute approximate surface area is 140 Å². The second kappa shape index (κ2) is 6.84. The van der Waals surface area contributed by atoms with Gasteiger partial charge in [-0.15, -0.1) is 0 Å². The summed E-state index contributed by atoms with van der Waals surface area (Å²) in [7, 11) is 3.34. The van der Waals surface area contributed by atoms with Crippen LogP contribution in [0.15, 0.2) is 53.1 Å². The van der Waals surface area contributed by atoms with Gasteiger partial charge in [-0.2, -0.15) is 0 Å². The average molecular weight is 324 g/mol. The van der Waals surface area contributed by atoms with E-state index in [1.165, 1.54) is 5.39 Å². The first-order chi connectivity index (χ1) is 11.6. The summed E-state index contributed by atoms with van der Waals surface area (Å²) in [4.78, 5) is 14.3. The maximum absolute atomic E-state index is 12.6. The number of fused-ring (bicyclic) bond motifs is 1. The fraction of sp³-hybridized carbons (Fsp3) is 0.263. The Morgan fingerprint density at radius 3 is 2.71 bits per heavy atom. The molecule has 1 heterocycles. The molecule has 0 fully saturated rings. The van der Waals surface area contributed by atoms with E-state index in [0.29, 0.717) is 12.4 Å². The lowest BCUT2D eigenvalue weighted by Crippen LogP contribution is -2.29. The highest BCUT2D eigenvalue weighted by molar-refractivity contribution is 5.92. The van der Waals surface area contributed by atoms with E-state index in [4.69, 9.17) is 9.26 Å². The van der Waals surface area contributed by atoms with E-state index in [1.54, 1.807) is 25.1 Å². The van der Waals surface area contributed by atoms with Crippen LogP contribution in [0.1, 0.15) is 34.8 Å². The van der Waals surface area contributed by atoms with E-state index in [-0.39, 0.29) is 17.6 Å². The van der Waals surface area contributed by atoms with Gasteiger partial charge in [-0.05, 0) is 29.3 Å². The molecule has 5 heteroatoms. The van der Waals surface area contributed by atoms with Crippen molar-refractivity contribution in [1.29, 1.82) is 0 Å². The predicted octanol–water partition coefficient (Wildman–Crippen LogP) is 3.81. The lowest BCUT2D eigenvalue weighted by Gasteiger charge is -2.24. The van der Waals surface area contributed by atoms with E-state index >= 15 is 0 Å². The van der Waals surface area contributed by atoms with Crippen molar-refractivity contribution >= 4 is 16.7 Å². The number of ether oxygens (including phenoxy) is 1. The van der Waals surface area contributed by atoms with Crippen molar-refractivity contribution in [2.45, 2.75) is 19.6 Å².